The monoisotopic (exact) mass is 268 g/mol. The van der Waals surface area contributed by atoms with Gasteiger partial charge in [-0.15, -0.1) is 0 Å². The highest BCUT2D eigenvalue weighted by Crippen LogP contribution is 2.10. The second-order valence-electron chi connectivity index (χ2n) is 5.25. The van der Waals surface area contributed by atoms with Crippen molar-refractivity contribution in [3.05, 3.63) is 65.7 Å². The molecule has 0 saturated heterocycles. The highest BCUT2D eigenvalue weighted by molar-refractivity contribution is 5.39. The van der Waals surface area contributed by atoms with Crippen LogP contribution in [0, 0.1) is 0 Å². The molecule has 0 aromatic heterocycles. The lowest BCUT2D eigenvalue weighted by molar-refractivity contribution is 0.269. The summed E-state index contributed by atoms with van der Waals surface area (Å²) < 4.78 is 0. The van der Waals surface area contributed by atoms with E-state index in [-0.39, 0.29) is 0 Å². The molecule has 2 N–H and O–H groups in total. The summed E-state index contributed by atoms with van der Waals surface area (Å²) in [7, 11) is 0. The molecule has 0 amide bonds. The molecule has 106 valence electrons. The molecule has 0 fully saturated rings. The molecule has 0 atom stereocenters. The Bertz CT molecular complexity index is 491. The van der Waals surface area contributed by atoms with Gasteiger partial charge in [0.25, 0.3) is 0 Å². The smallest absolute Gasteiger partial charge is 0.0314 e. The van der Waals surface area contributed by atoms with Crippen molar-refractivity contribution in [2.24, 2.45) is 0 Å². The molecule has 2 nitrogen and oxygen atoms in total. The SMILES string of the molecule is CCCN(CCc1ccccc1)Cc1ccc(N)cc1. The van der Waals surface area contributed by atoms with E-state index in [1.165, 1.54) is 17.5 Å². The summed E-state index contributed by atoms with van der Waals surface area (Å²) >= 11 is 0. The van der Waals surface area contributed by atoms with Gasteiger partial charge in [-0.3, -0.25) is 4.90 Å². The van der Waals surface area contributed by atoms with Crippen molar-refractivity contribution in [2.75, 3.05) is 18.8 Å². The molecular weight excluding hydrogens is 244 g/mol. The van der Waals surface area contributed by atoms with Crippen LogP contribution in [0.3, 0.4) is 0 Å². The van der Waals surface area contributed by atoms with Crippen molar-refractivity contribution in [1.29, 1.82) is 0 Å². The molecule has 2 heteroatoms. The summed E-state index contributed by atoms with van der Waals surface area (Å²) in [5, 5.41) is 0. The third-order valence-electron chi connectivity index (χ3n) is 3.49. The fourth-order valence-corrected chi connectivity index (χ4v) is 2.40. The van der Waals surface area contributed by atoms with Gasteiger partial charge < -0.3 is 5.73 Å². The summed E-state index contributed by atoms with van der Waals surface area (Å²) in [4.78, 5) is 2.51. The Morgan fingerprint density at radius 2 is 1.55 bits per heavy atom. The Kier molecular flexibility index (Phi) is 5.63. The number of nitrogens with zero attached hydrogens (tertiary/aromatic N) is 1. The molecule has 2 aromatic rings. The zero-order valence-corrected chi connectivity index (χ0v) is 12.3. The van der Waals surface area contributed by atoms with E-state index in [2.05, 4.69) is 54.3 Å². The van der Waals surface area contributed by atoms with Gasteiger partial charge in [-0.25, -0.2) is 0 Å². The van der Waals surface area contributed by atoms with Crippen LogP contribution in [-0.4, -0.2) is 18.0 Å². The van der Waals surface area contributed by atoms with E-state index in [1.807, 2.05) is 12.1 Å². The number of rotatable bonds is 7. The minimum atomic E-state index is 0.833. The van der Waals surface area contributed by atoms with Crippen LogP contribution in [0.4, 0.5) is 5.69 Å². The van der Waals surface area contributed by atoms with Crippen LogP contribution in [0.15, 0.2) is 54.6 Å². The molecule has 2 aromatic carbocycles. The van der Waals surface area contributed by atoms with Crippen LogP contribution in [-0.2, 0) is 13.0 Å². The molecule has 0 saturated carbocycles. The van der Waals surface area contributed by atoms with E-state index >= 15 is 0 Å². The first kappa shape index (κ1) is 14.6. The van der Waals surface area contributed by atoms with Crippen molar-refractivity contribution in [3.8, 4) is 0 Å². The fourth-order valence-electron chi connectivity index (χ4n) is 2.40. The van der Waals surface area contributed by atoms with E-state index in [0.717, 1.165) is 31.7 Å². The Morgan fingerprint density at radius 1 is 0.850 bits per heavy atom. The molecule has 0 radical (unpaired) electrons. The molecule has 0 aliphatic carbocycles. The first-order valence-corrected chi connectivity index (χ1v) is 7.38. The van der Waals surface area contributed by atoms with Gasteiger partial charge in [0.1, 0.15) is 0 Å². The summed E-state index contributed by atoms with van der Waals surface area (Å²) in [5.41, 5.74) is 9.31. The van der Waals surface area contributed by atoms with Crippen LogP contribution in [0.25, 0.3) is 0 Å². The van der Waals surface area contributed by atoms with Gasteiger partial charge in [0.2, 0.25) is 0 Å². The maximum absolute atomic E-state index is 5.74. The van der Waals surface area contributed by atoms with Gasteiger partial charge in [0.15, 0.2) is 0 Å². The first-order chi connectivity index (χ1) is 9.78. The van der Waals surface area contributed by atoms with Gasteiger partial charge in [0.05, 0.1) is 0 Å². The van der Waals surface area contributed by atoms with Crippen molar-refractivity contribution in [3.63, 3.8) is 0 Å². The molecule has 2 rings (SSSR count). The Hall–Kier alpha value is -1.80. The van der Waals surface area contributed by atoms with Gasteiger partial charge >= 0.3 is 0 Å². The number of nitrogen functional groups attached to an aromatic ring is 1. The van der Waals surface area contributed by atoms with Crippen LogP contribution in [0.2, 0.25) is 0 Å². The Balaban J connectivity index is 1.91. The predicted octanol–water partition coefficient (Wildman–Crippen LogP) is 3.72. The average Bonchev–Trinajstić information content (AvgIpc) is 2.48. The average molecular weight is 268 g/mol. The first-order valence-electron chi connectivity index (χ1n) is 7.38. The van der Waals surface area contributed by atoms with Crippen LogP contribution in [0.1, 0.15) is 24.5 Å². The second kappa shape index (κ2) is 7.71. The minimum absolute atomic E-state index is 0.833. The number of hydrogen-bond donors (Lipinski definition) is 1. The van der Waals surface area contributed by atoms with Crippen molar-refractivity contribution in [1.82, 2.24) is 4.90 Å². The largest absolute Gasteiger partial charge is 0.399 e. The van der Waals surface area contributed by atoms with E-state index in [0.29, 0.717) is 0 Å². The highest BCUT2D eigenvalue weighted by atomic mass is 15.1. The maximum Gasteiger partial charge on any atom is 0.0314 e. The third-order valence-corrected chi connectivity index (χ3v) is 3.49. The predicted molar refractivity (Wildman–Crippen MR) is 86.6 cm³/mol. The third kappa shape index (κ3) is 4.71. The van der Waals surface area contributed by atoms with Gasteiger partial charge in [-0.2, -0.15) is 0 Å². The number of anilines is 1. The van der Waals surface area contributed by atoms with Crippen LogP contribution < -0.4 is 5.73 Å². The lowest BCUT2D eigenvalue weighted by Crippen LogP contribution is -2.26. The summed E-state index contributed by atoms with van der Waals surface area (Å²) in [6.07, 6.45) is 2.29. The standard InChI is InChI=1S/C18H24N2/c1-2-13-20(14-12-16-6-4-3-5-7-16)15-17-8-10-18(19)11-9-17/h3-11H,2,12-15,19H2,1H3. The van der Waals surface area contributed by atoms with Gasteiger partial charge in [-0.1, -0.05) is 49.4 Å². The van der Waals surface area contributed by atoms with E-state index in [9.17, 15) is 0 Å². The Morgan fingerprint density at radius 3 is 2.20 bits per heavy atom. The normalized spacial score (nSPS) is 10.9. The number of benzene rings is 2. The van der Waals surface area contributed by atoms with Crippen molar-refractivity contribution in [2.45, 2.75) is 26.3 Å². The van der Waals surface area contributed by atoms with Gasteiger partial charge in [-0.05, 0) is 42.6 Å². The molecule has 20 heavy (non-hydrogen) atoms. The molecule has 0 bridgehead atoms. The molecule has 0 aliphatic heterocycles. The topological polar surface area (TPSA) is 29.3 Å². The quantitative estimate of drug-likeness (QED) is 0.775. The molecule has 0 aliphatic rings. The lowest BCUT2D eigenvalue weighted by Gasteiger charge is -2.22. The summed E-state index contributed by atoms with van der Waals surface area (Å²) in [6, 6.07) is 18.9. The van der Waals surface area contributed by atoms with E-state index in [4.69, 9.17) is 5.73 Å². The van der Waals surface area contributed by atoms with Crippen molar-refractivity contribution >= 4 is 5.69 Å². The second-order valence-corrected chi connectivity index (χ2v) is 5.25. The lowest BCUT2D eigenvalue weighted by atomic mass is 10.1. The number of nitrogens with two attached hydrogens (primary N) is 1. The van der Waals surface area contributed by atoms with Gasteiger partial charge in [0, 0.05) is 18.8 Å². The maximum atomic E-state index is 5.74. The minimum Gasteiger partial charge on any atom is -0.399 e. The van der Waals surface area contributed by atoms with E-state index < -0.39 is 0 Å². The van der Waals surface area contributed by atoms with Crippen LogP contribution in [0.5, 0.6) is 0 Å². The summed E-state index contributed by atoms with van der Waals surface area (Å²) in [6.45, 7) is 5.47. The van der Waals surface area contributed by atoms with Crippen molar-refractivity contribution < 1.29 is 0 Å². The Labute approximate surface area is 122 Å². The zero-order chi connectivity index (χ0) is 14.2. The van der Waals surface area contributed by atoms with Crippen LogP contribution >= 0.6 is 0 Å². The number of hydrogen-bond acceptors (Lipinski definition) is 2. The molecule has 0 spiro atoms. The summed E-state index contributed by atoms with van der Waals surface area (Å²) in [5.74, 6) is 0. The van der Waals surface area contributed by atoms with E-state index in [1.54, 1.807) is 0 Å². The fraction of sp³-hybridized carbons (Fsp3) is 0.333. The molecular formula is C18H24N2. The zero-order valence-electron chi connectivity index (χ0n) is 12.3. The molecule has 0 heterocycles. The highest BCUT2D eigenvalue weighted by Gasteiger charge is 2.05. The molecule has 0 unspecified atom stereocenters.